The summed E-state index contributed by atoms with van der Waals surface area (Å²) in [4.78, 5) is 16.3. The Morgan fingerprint density at radius 3 is 2.68 bits per heavy atom. The van der Waals surface area contributed by atoms with Gasteiger partial charge in [0.1, 0.15) is 4.34 Å². The Bertz CT molecular complexity index is 946. The molecule has 0 unspecified atom stereocenters. The van der Waals surface area contributed by atoms with Crippen LogP contribution >= 0.6 is 34.5 Å². The highest BCUT2D eigenvalue weighted by Gasteiger charge is 2.21. The average molecular weight is 397 g/mol. The van der Waals surface area contributed by atoms with Crippen LogP contribution in [0.2, 0.25) is 8.67 Å². The summed E-state index contributed by atoms with van der Waals surface area (Å²) in [6, 6.07) is 3.76. The molecule has 25 heavy (non-hydrogen) atoms. The molecule has 132 valence electrons. The number of thiophene rings is 1. The van der Waals surface area contributed by atoms with Crippen LogP contribution in [0.3, 0.4) is 0 Å². The zero-order valence-corrected chi connectivity index (χ0v) is 16.3. The Labute approximate surface area is 159 Å². The van der Waals surface area contributed by atoms with Crippen LogP contribution < -0.4 is 5.73 Å². The summed E-state index contributed by atoms with van der Waals surface area (Å²) in [7, 11) is 0. The molecular weight excluding hydrogens is 379 g/mol. The molecule has 3 aromatic rings. The number of nitrogen functional groups attached to an aromatic ring is 1. The smallest absolute Gasteiger partial charge is 0.229 e. The zero-order chi connectivity index (χ0) is 18.1. The van der Waals surface area contributed by atoms with E-state index in [4.69, 9.17) is 33.4 Å². The molecule has 0 saturated heterocycles. The molecule has 0 fully saturated rings. The van der Waals surface area contributed by atoms with Gasteiger partial charge in [-0.3, -0.25) is 4.79 Å². The molecule has 2 N–H and O–H groups in total. The van der Waals surface area contributed by atoms with Gasteiger partial charge in [0.2, 0.25) is 5.71 Å². The number of pyridine rings is 1. The molecule has 0 aliphatic carbocycles. The number of carbonyl (C=O) groups is 1. The Morgan fingerprint density at radius 2 is 2.08 bits per heavy atom. The SMILES string of the molecule is CCCCCc1cc(-c2cc(Cl)sc2Cl)nc2oc(C(C)=O)c(N)c12. The number of Topliss-reactive ketones (excluding diaryl/α,β-unsaturated/α-hetero) is 1. The highest BCUT2D eigenvalue weighted by atomic mass is 35.5. The van der Waals surface area contributed by atoms with Crippen molar-refractivity contribution >= 4 is 57.1 Å². The summed E-state index contributed by atoms with van der Waals surface area (Å²) in [5.74, 6) is -0.0565. The van der Waals surface area contributed by atoms with Crippen molar-refractivity contribution < 1.29 is 9.21 Å². The van der Waals surface area contributed by atoms with E-state index >= 15 is 0 Å². The van der Waals surface area contributed by atoms with Crippen LogP contribution in [0.15, 0.2) is 16.5 Å². The van der Waals surface area contributed by atoms with Gasteiger partial charge in [-0.25, -0.2) is 4.98 Å². The van der Waals surface area contributed by atoms with Gasteiger partial charge in [0.25, 0.3) is 0 Å². The minimum absolute atomic E-state index is 0.158. The van der Waals surface area contributed by atoms with Crippen molar-refractivity contribution in [3.05, 3.63) is 32.1 Å². The number of nitrogens with zero attached hydrogens (tertiary/aromatic N) is 1. The van der Waals surface area contributed by atoms with Crippen LogP contribution in [0.1, 0.15) is 49.2 Å². The number of unbranched alkanes of at least 4 members (excludes halogenated alkanes) is 2. The topological polar surface area (TPSA) is 69.1 Å². The fourth-order valence-electron chi connectivity index (χ4n) is 2.88. The molecule has 3 heterocycles. The minimum atomic E-state index is -0.215. The van der Waals surface area contributed by atoms with Crippen LogP contribution in [0, 0.1) is 0 Å². The third kappa shape index (κ3) is 3.54. The fourth-order valence-corrected chi connectivity index (χ4v) is 4.36. The summed E-state index contributed by atoms with van der Waals surface area (Å²) in [6.45, 7) is 3.59. The second-order valence-electron chi connectivity index (χ2n) is 5.94. The molecule has 3 aromatic heterocycles. The van der Waals surface area contributed by atoms with E-state index < -0.39 is 0 Å². The first-order valence-electron chi connectivity index (χ1n) is 8.10. The van der Waals surface area contributed by atoms with E-state index in [1.807, 2.05) is 6.07 Å². The van der Waals surface area contributed by atoms with Gasteiger partial charge < -0.3 is 10.2 Å². The van der Waals surface area contributed by atoms with Crippen LogP contribution in [0.4, 0.5) is 5.69 Å². The van der Waals surface area contributed by atoms with E-state index in [0.29, 0.717) is 25.8 Å². The van der Waals surface area contributed by atoms with Crippen LogP contribution in [0.25, 0.3) is 22.4 Å². The predicted molar refractivity (Wildman–Crippen MR) is 105 cm³/mol. The van der Waals surface area contributed by atoms with E-state index in [-0.39, 0.29) is 11.5 Å². The number of carbonyl (C=O) groups excluding carboxylic acids is 1. The van der Waals surface area contributed by atoms with Gasteiger partial charge >= 0.3 is 0 Å². The van der Waals surface area contributed by atoms with E-state index in [1.54, 1.807) is 6.07 Å². The molecule has 0 saturated carbocycles. The normalized spacial score (nSPS) is 11.4. The number of rotatable bonds is 6. The number of anilines is 1. The van der Waals surface area contributed by atoms with Crippen molar-refractivity contribution in [3.8, 4) is 11.3 Å². The zero-order valence-electron chi connectivity index (χ0n) is 14.0. The number of hydrogen-bond acceptors (Lipinski definition) is 5. The maximum absolute atomic E-state index is 11.8. The molecule has 0 aromatic carbocycles. The molecule has 0 aliphatic heterocycles. The number of hydrogen-bond donors (Lipinski definition) is 1. The highest BCUT2D eigenvalue weighted by Crippen LogP contribution is 2.40. The van der Waals surface area contributed by atoms with Crippen LogP contribution in [-0.2, 0) is 6.42 Å². The highest BCUT2D eigenvalue weighted by molar-refractivity contribution is 7.20. The van der Waals surface area contributed by atoms with Crippen molar-refractivity contribution in [2.75, 3.05) is 5.73 Å². The van der Waals surface area contributed by atoms with E-state index in [1.165, 1.54) is 18.3 Å². The van der Waals surface area contributed by atoms with Crippen molar-refractivity contribution in [1.29, 1.82) is 0 Å². The van der Waals surface area contributed by atoms with Gasteiger partial charge in [-0.2, -0.15) is 0 Å². The van der Waals surface area contributed by atoms with Crippen molar-refractivity contribution in [2.45, 2.75) is 39.5 Å². The summed E-state index contributed by atoms with van der Waals surface area (Å²) in [5, 5.41) is 0.725. The second-order valence-corrected chi connectivity index (χ2v) is 8.23. The maximum atomic E-state index is 11.8. The third-order valence-corrected chi connectivity index (χ3v) is 5.57. The van der Waals surface area contributed by atoms with Crippen LogP contribution in [0.5, 0.6) is 0 Å². The molecular formula is C18H18Cl2N2O2S. The van der Waals surface area contributed by atoms with Crippen LogP contribution in [-0.4, -0.2) is 10.8 Å². The Balaban J connectivity index is 2.20. The van der Waals surface area contributed by atoms with E-state index in [0.717, 1.165) is 42.2 Å². The van der Waals surface area contributed by atoms with Crippen molar-refractivity contribution in [1.82, 2.24) is 4.98 Å². The predicted octanol–water partition coefficient (Wildman–Crippen LogP) is 6.38. The second kappa shape index (κ2) is 7.36. The van der Waals surface area contributed by atoms with Crippen molar-refractivity contribution in [3.63, 3.8) is 0 Å². The largest absolute Gasteiger partial charge is 0.432 e. The number of nitrogens with two attached hydrogens (primary N) is 1. The molecule has 0 spiro atoms. The number of aromatic nitrogens is 1. The number of fused-ring (bicyclic) bond motifs is 1. The van der Waals surface area contributed by atoms with Gasteiger partial charge in [0, 0.05) is 12.5 Å². The summed E-state index contributed by atoms with van der Waals surface area (Å²) in [6.07, 6.45) is 4.08. The molecule has 0 bridgehead atoms. The lowest BCUT2D eigenvalue weighted by molar-refractivity contribution is 0.0990. The molecule has 0 aliphatic rings. The molecule has 3 rings (SSSR count). The molecule has 0 radical (unpaired) electrons. The van der Waals surface area contributed by atoms with Gasteiger partial charge in [0.15, 0.2) is 11.5 Å². The maximum Gasteiger partial charge on any atom is 0.229 e. The summed E-state index contributed by atoms with van der Waals surface area (Å²) >= 11 is 13.6. The standard InChI is InChI=1S/C18H18Cl2N2O2S/c1-3-4-5-6-10-7-12(11-8-13(19)25-17(11)20)22-18-14(10)15(21)16(24-18)9(2)23/h7-8H,3-6,21H2,1-2H3. The summed E-state index contributed by atoms with van der Waals surface area (Å²) < 4.78 is 6.82. The first kappa shape index (κ1) is 18.2. The van der Waals surface area contributed by atoms with E-state index in [9.17, 15) is 4.79 Å². The quantitative estimate of drug-likeness (QED) is 0.387. The number of aryl methyl sites for hydroxylation is 1. The Morgan fingerprint density at radius 1 is 1.32 bits per heavy atom. The first-order valence-corrected chi connectivity index (χ1v) is 9.67. The lowest BCUT2D eigenvalue weighted by Crippen LogP contribution is -1.97. The molecule has 0 amide bonds. The lowest BCUT2D eigenvalue weighted by Gasteiger charge is -2.06. The number of halogens is 2. The third-order valence-electron chi connectivity index (χ3n) is 4.08. The van der Waals surface area contributed by atoms with Gasteiger partial charge in [0.05, 0.1) is 21.1 Å². The van der Waals surface area contributed by atoms with Gasteiger partial charge in [-0.1, -0.05) is 43.0 Å². The Kier molecular flexibility index (Phi) is 5.37. The minimum Gasteiger partial charge on any atom is -0.432 e. The first-order chi connectivity index (χ1) is 11.9. The van der Waals surface area contributed by atoms with Gasteiger partial charge in [-0.05, 0) is 30.5 Å². The lowest BCUT2D eigenvalue weighted by atomic mass is 10.0. The number of furan rings is 1. The molecule has 4 nitrogen and oxygen atoms in total. The van der Waals surface area contributed by atoms with E-state index in [2.05, 4.69) is 11.9 Å². The van der Waals surface area contributed by atoms with Crippen molar-refractivity contribution in [2.24, 2.45) is 0 Å². The Hall–Kier alpha value is -1.56. The monoisotopic (exact) mass is 396 g/mol. The molecule has 7 heteroatoms. The number of ketones is 1. The average Bonchev–Trinajstić information content (AvgIpc) is 3.07. The van der Waals surface area contributed by atoms with Gasteiger partial charge in [-0.15, -0.1) is 11.3 Å². The fraction of sp³-hybridized carbons (Fsp3) is 0.333. The molecule has 0 atom stereocenters. The summed E-state index contributed by atoms with van der Waals surface area (Å²) in [5.41, 5.74) is 9.35.